The molecule has 2 aliphatic rings. The van der Waals surface area contributed by atoms with E-state index in [0.717, 1.165) is 4.90 Å². The summed E-state index contributed by atoms with van der Waals surface area (Å²) in [6, 6.07) is 6.51. The van der Waals surface area contributed by atoms with Crippen molar-refractivity contribution < 1.29 is 19.2 Å². The van der Waals surface area contributed by atoms with Gasteiger partial charge in [-0.2, -0.15) is 0 Å². The normalized spacial score (nSPS) is 18.0. The van der Waals surface area contributed by atoms with Gasteiger partial charge in [0, 0.05) is 18.6 Å². The quantitative estimate of drug-likeness (QED) is 0.743. The Hall–Kier alpha value is -2.70. The first-order valence-electron chi connectivity index (χ1n) is 8.23. The van der Waals surface area contributed by atoms with E-state index in [9.17, 15) is 19.2 Å². The van der Waals surface area contributed by atoms with E-state index < -0.39 is 17.7 Å². The number of carbonyl (C=O) groups is 4. The van der Waals surface area contributed by atoms with Gasteiger partial charge in [0.15, 0.2) is 0 Å². The summed E-state index contributed by atoms with van der Waals surface area (Å²) in [6.07, 6.45) is 0. The van der Waals surface area contributed by atoms with Crippen LogP contribution >= 0.6 is 0 Å². The summed E-state index contributed by atoms with van der Waals surface area (Å²) < 4.78 is 0. The van der Waals surface area contributed by atoms with Crippen LogP contribution in [0.3, 0.4) is 0 Å². The van der Waals surface area contributed by atoms with Crippen LogP contribution in [0.1, 0.15) is 41.5 Å². The standard InChI is InChI=1S/C18H21N3O4/c1-18(2,3)21-9-8-19(10-15(21)23)14(22)11-20-16(24)12-6-4-5-7-13(12)17(20)25/h4-7H,8-11H2,1-3H3. The minimum Gasteiger partial charge on any atom is -0.335 e. The van der Waals surface area contributed by atoms with Crippen molar-refractivity contribution >= 4 is 23.6 Å². The van der Waals surface area contributed by atoms with Crippen molar-refractivity contribution in [2.45, 2.75) is 26.3 Å². The van der Waals surface area contributed by atoms with E-state index in [1.54, 1.807) is 29.2 Å². The smallest absolute Gasteiger partial charge is 0.262 e. The van der Waals surface area contributed by atoms with Crippen molar-refractivity contribution in [3.05, 3.63) is 35.4 Å². The second kappa shape index (κ2) is 5.98. The van der Waals surface area contributed by atoms with Gasteiger partial charge in [0.25, 0.3) is 11.8 Å². The monoisotopic (exact) mass is 343 g/mol. The zero-order chi connectivity index (χ0) is 18.4. The molecule has 7 nitrogen and oxygen atoms in total. The summed E-state index contributed by atoms with van der Waals surface area (Å²) in [5.74, 6) is -1.45. The number of fused-ring (bicyclic) bond motifs is 1. The van der Waals surface area contributed by atoms with Crippen LogP contribution in [0.15, 0.2) is 24.3 Å². The molecule has 2 aliphatic heterocycles. The maximum atomic E-state index is 12.5. The van der Waals surface area contributed by atoms with E-state index in [4.69, 9.17) is 0 Å². The fraction of sp³-hybridized carbons (Fsp3) is 0.444. The van der Waals surface area contributed by atoms with Crippen LogP contribution in [0.25, 0.3) is 0 Å². The third kappa shape index (κ3) is 3.01. The topological polar surface area (TPSA) is 78.0 Å². The Kier molecular flexibility index (Phi) is 4.10. The molecule has 0 unspecified atom stereocenters. The average molecular weight is 343 g/mol. The molecular weight excluding hydrogens is 322 g/mol. The van der Waals surface area contributed by atoms with Gasteiger partial charge >= 0.3 is 0 Å². The van der Waals surface area contributed by atoms with Crippen LogP contribution in [0.2, 0.25) is 0 Å². The minimum absolute atomic E-state index is 0.0285. The average Bonchev–Trinajstić information content (AvgIpc) is 2.79. The summed E-state index contributed by atoms with van der Waals surface area (Å²) in [4.78, 5) is 53.6. The number of hydrogen-bond acceptors (Lipinski definition) is 4. The van der Waals surface area contributed by atoms with Gasteiger partial charge in [-0.05, 0) is 32.9 Å². The molecule has 1 fully saturated rings. The highest BCUT2D eigenvalue weighted by Crippen LogP contribution is 2.23. The van der Waals surface area contributed by atoms with Crippen LogP contribution in [0, 0.1) is 0 Å². The van der Waals surface area contributed by atoms with Crippen molar-refractivity contribution in [1.29, 1.82) is 0 Å². The first kappa shape index (κ1) is 17.1. The predicted molar refractivity (Wildman–Crippen MR) is 89.9 cm³/mol. The van der Waals surface area contributed by atoms with Gasteiger partial charge in [-0.25, -0.2) is 0 Å². The van der Waals surface area contributed by atoms with Gasteiger partial charge in [-0.15, -0.1) is 0 Å². The van der Waals surface area contributed by atoms with Gasteiger partial charge in [0.05, 0.1) is 17.7 Å². The van der Waals surface area contributed by atoms with Crippen molar-refractivity contribution in [2.75, 3.05) is 26.2 Å². The van der Waals surface area contributed by atoms with Crippen LogP contribution in [0.5, 0.6) is 0 Å². The van der Waals surface area contributed by atoms with Gasteiger partial charge in [0.1, 0.15) is 6.54 Å². The van der Waals surface area contributed by atoms with E-state index in [1.165, 1.54) is 4.90 Å². The molecule has 0 bridgehead atoms. The lowest BCUT2D eigenvalue weighted by molar-refractivity contribution is -0.149. The lowest BCUT2D eigenvalue weighted by Gasteiger charge is -2.42. The van der Waals surface area contributed by atoms with Gasteiger partial charge < -0.3 is 9.80 Å². The van der Waals surface area contributed by atoms with Crippen LogP contribution in [-0.2, 0) is 9.59 Å². The second-order valence-electron chi connectivity index (χ2n) is 7.27. The summed E-state index contributed by atoms with van der Waals surface area (Å²) in [5.41, 5.74) is 0.331. The Labute approximate surface area is 146 Å². The van der Waals surface area contributed by atoms with Gasteiger partial charge in [0.2, 0.25) is 11.8 Å². The lowest BCUT2D eigenvalue weighted by atomic mass is 10.0. The molecule has 0 saturated carbocycles. The number of hydrogen-bond donors (Lipinski definition) is 0. The molecule has 2 heterocycles. The maximum absolute atomic E-state index is 12.5. The zero-order valence-electron chi connectivity index (χ0n) is 14.6. The summed E-state index contributed by atoms with van der Waals surface area (Å²) >= 11 is 0. The van der Waals surface area contributed by atoms with E-state index in [0.29, 0.717) is 24.2 Å². The van der Waals surface area contributed by atoms with Crippen LogP contribution in [-0.4, -0.2) is 70.0 Å². The molecular formula is C18H21N3O4. The largest absolute Gasteiger partial charge is 0.335 e. The minimum atomic E-state index is -0.464. The molecule has 0 aromatic heterocycles. The first-order chi connectivity index (χ1) is 11.7. The Balaban J connectivity index is 1.68. The van der Waals surface area contributed by atoms with E-state index in [2.05, 4.69) is 0 Å². The summed E-state index contributed by atoms with van der Waals surface area (Å²) in [6.45, 7) is 6.30. The molecule has 0 N–H and O–H groups in total. The van der Waals surface area contributed by atoms with E-state index >= 15 is 0 Å². The Morgan fingerprint density at radius 1 is 1.00 bits per heavy atom. The number of piperazine rings is 1. The third-order valence-electron chi connectivity index (χ3n) is 4.55. The number of nitrogens with zero attached hydrogens (tertiary/aromatic N) is 3. The number of carbonyl (C=O) groups excluding carboxylic acids is 4. The SMILES string of the molecule is CC(C)(C)N1CCN(C(=O)CN2C(=O)c3ccccc3C2=O)CC1=O. The highest BCUT2D eigenvalue weighted by atomic mass is 16.2. The van der Waals surface area contributed by atoms with Gasteiger partial charge in [-0.3, -0.25) is 24.1 Å². The van der Waals surface area contributed by atoms with Crippen molar-refractivity contribution in [1.82, 2.24) is 14.7 Å². The Morgan fingerprint density at radius 2 is 1.56 bits per heavy atom. The fourth-order valence-corrected chi connectivity index (χ4v) is 3.21. The van der Waals surface area contributed by atoms with Crippen molar-refractivity contribution in [2.24, 2.45) is 0 Å². The van der Waals surface area contributed by atoms with Gasteiger partial charge in [-0.1, -0.05) is 12.1 Å². The number of imide groups is 1. The first-order valence-corrected chi connectivity index (χ1v) is 8.23. The van der Waals surface area contributed by atoms with Crippen molar-refractivity contribution in [3.63, 3.8) is 0 Å². The third-order valence-corrected chi connectivity index (χ3v) is 4.55. The molecule has 4 amide bonds. The predicted octanol–water partition coefficient (Wildman–Crippen LogP) is 0.752. The molecule has 0 radical (unpaired) electrons. The molecule has 25 heavy (non-hydrogen) atoms. The molecule has 0 spiro atoms. The zero-order valence-corrected chi connectivity index (χ0v) is 14.6. The molecule has 3 rings (SSSR count). The highest BCUT2D eigenvalue weighted by Gasteiger charge is 2.39. The highest BCUT2D eigenvalue weighted by molar-refractivity contribution is 6.22. The summed E-state index contributed by atoms with van der Waals surface area (Å²) in [5, 5.41) is 0. The molecule has 1 aromatic carbocycles. The van der Waals surface area contributed by atoms with Crippen LogP contribution < -0.4 is 0 Å². The number of amides is 4. The molecule has 132 valence electrons. The maximum Gasteiger partial charge on any atom is 0.262 e. The summed E-state index contributed by atoms with van der Waals surface area (Å²) in [7, 11) is 0. The Bertz CT molecular complexity index is 731. The van der Waals surface area contributed by atoms with E-state index in [-0.39, 0.29) is 24.5 Å². The van der Waals surface area contributed by atoms with E-state index in [1.807, 2.05) is 20.8 Å². The lowest BCUT2D eigenvalue weighted by Crippen LogP contribution is -2.59. The van der Waals surface area contributed by atoms with Crippen LogP contribution in [0.4, 0.5) is 0 Å². The molecule has 0 aliphatic carbocycles. The molecule has 1 aromatic rings. The number of rotatable bonds is 2. The van der Waals surface area contributed by atoms with Crippen molar-refractivity contribution in [3.8, 4) is 0 Å². The fourth-order valence-electron chi connectivity index (χ4n) is 3.21. The second-order valence-corrected chi connectivity index (χ2v) is 7.27. The Morgan fingerprint density at radius 3 is 2.04 bits per heavy atom. The molecule has 7 heteroatoms. The number of benzene rings is 1. The molecule has 1 saturated heterocycles. The molecule has 0 atom stereocenters.